The van der Waals surface area contributed by atoms with Crippen molar-refractivity contribution in [3.8, 4) is 0 Å². The fourth-order valence-electron chi connectivity index (χ4n) is 1.56. The lowest BCUT2D eigenvalue weighted by atomic mass is 10.3. The molecule has 0 bridgehead atoms. The normalized spacial score (nSPS) is 10.8. The van der Waals surface area contributed by atoms with Crippen LogP contribution in [0.25, 0.3) is 11.0 Å². The zero-order chi connectivity index (χ0) is 11.0. The van der Waals surface area contributed by atoms with Gasteiger partial charge in [0, 0.05) is 11.0 Å². The predicted molar refractivity (Wildman–Crippen MR) is 60.6 cm³/mol. The Bertz CT molecular complexity index is 577. The molecule has 0 aliphatic rings. The van der Waals surface area contributed by atoms with E-state index < -0.39 is 0 Å². The highest BCUT2D eigenvalue weighted by Crippen LogP contribution is 2.19. The first kappa shape index (κ1) is 10.0. The Morgan fingerprint density at radius 2 is 2.07 bits per heavy atom. The van der Waals surface area contributed by atoms with Crippen LogP contribution in [0.4, 0.5) is 0 Å². The van der Waals surface area contributed by atoms with Crippen LogP contribution in [0.5, 0.6) is 0 Å². The molecular formula is C10H10N2O2S. The molecule has 1 aromatic carbocycles. The van der Waals surface area contributed by atoms with Gasteiger partial charge in [0.2, 0.25) is 0 Å². The molecule has 1 aromatic heterocycles. The highest BCUT2D eigenvalue weighted by atomic mass is 32.2. The van der Waals surface area contributed by atoms with Crippen molar-refractivity contribution in [2.75, 3.05) is 6.26 Å². The molecule has 0 aliphatic heterocycles. The minimum atomic E-state index is 0.405. The third-order valence-electron chi connectivity index (χ3n) is 2.31. The molecular weight excluding hydrogens is 212 g/mol. The molecule has 5 heteroatoms. The monoisotopic (exact) mass is 222 g/mol. The Balaban J connectivity index is 3.03. The van der Waals surface area contributed by atoms with Crippen molar-refractivity contribution in [2.24, 2.45) is 0 Å². The van der Waals surface area contributed by atoms with Crippen molar-refractivity contribution in [1.82, 2.24) is 4.73 Å². The maximum Gasteiger partial charge on any atom is 0.315 e. The van der Waals surface area contributed by atoms with E-state index in [1.807, 2.05) is 0 Å². The van der Waals surface area contributed by atoms with Crippen LogP contribution in [-0.2, 0) is 0 Å². The van der Waals surface area contributed by atoms with Crippen molar-refractivity contribution in [1.29, 1.82) is 0 Å². The van der Waals surface area contributed by atoms with Gasteiger partial charge in [0.25, 0.3) is 5.52 Å². The lowest BCUT2D eigenvalue weighted by Gasteiger charge is -2.15. The number of hydrogen-bond acceptors (Lipinski definition) is 3. The van der Waals surface area contributed by atoms with Crippen LogP contribution in [-0.4, -0.2) is 11.0 Å². The SMILES string of the molecule is CSc1c(C)n([O-])c2ccccc2[n+]1=O. The maximum absolute atomic E-state index is 11.9. The van der Waals surface area contributed by atoms with E-state index in [4.69, 9.17) is 0 Å². The van der Waals surface area contributed by atoms with Crippen LogP contribution in [0, 0.1) is 17.0 Å². The van der Waals surface area contributed by atoms with E-state index in [0.29, 0.717) is 21.8 Å². The summed E-state index contributed by atoms with van der Waals surface area (Å²) in [6.45, 7) is 1.65. The molecule has 78 valence electrons. The van der Waals surface area contributed by atoms with Gasteiger partial charge in [-0.2, -0.15) is 0 Å². The van der Waals surface area contributed by atoms with Crippen molar-refractivity contribution < 1.29 is 4.43 Å². The molecule has 0 spiro atoms. The van der Waals surface area contributed by atoms with Gasteiger partial charge in [0.15, 0.2) is 0 Å². The molecule has 0 atom stereocenters. The zero-order valence-corrected chi connectivity index (χ0v) is 9.25. The summed E-state index contributed by atoms with van der Waals surface area (Å²) in [7, 11) is 0. The molecule has 15 heavy (non-hydrogen) atoms. The van der Waals surface area contributed by atoms with E-state index in [9.17, 15) is 10.1 Å². The van der Waals surface area contributed by atoms with Gasteiger partial charge in [-0.15, -0.1) is 0 Å². The van der Waals surface area contributed by atoms with E-state index in [2.05, 4.69) is 0 Å². The number of nitrogens with zero attached hydrogens (tertiary/aromatic N) is 2. The quantitative estimate of drug-likeness (QED) is 0.547. The minimum Gasteiger partial charge on any atom is -0.805 e. The molecule has 0 fully saturated rings. The van der Waals surface area contributed by atoms with Gasteiger partial charge >= 0.3 is 5.03 Å². The van der Waals surface area contributed by atoms with Crippen molar-refractivity contribution in [2.45, 2.75) is 11.9 Å². The topological polar surface area (TPSA) is 51.0 Å². The smallest absolute Gasteiger partial charge is 0.315 e. The molecule has 2 rings (SSSR count). The fourth-order valence-corrected chi connectivity index (χ4v) is 2.20. The third kappa shape index (κ3) is 1.39. The summed E-state index contributed by atoms with van der Waals surface area (Å²) >= 11 is 1.28. The lowest BCUT2D eigenvalue weighted by molar-refractivity contribution is -0.510. The standard InChI is InChI=1S/C10H10N2O2S/c1-7-10(15-2)12(14)9-6-4-3-5-8(9)11(7)13/h3-6H,1-2H3. The average molecular weight is 222 g/mol. The molecule has 0 unspecified atom stereocenters. The summed E-state index contributed by atoms with van der Waals surface area (Å²) < 4.78 is 1.61. The third-order valence-corrected chi connectivity index (χ3v) is 3.16. The van der Waals surface area contributed by atoms with E-state index in [0.717, 1.165) is 9.16 Å². The molecule has 0 amide bonds. The Morgan fingerprint density at radius 1 is 1.40 bits per heavy atom. The summed E-state index contributed by atoms with van der Waals surface area (Å²) in [5, 5.41) is 12.3. The van der Waals surface area contributed by atoms with Crippen LogP contribution >= 0.6 is 11.8 Å². The summed E-state index contributed by atoms with van der Waals surface area (Å²) in [4.78, 5) is 11.9. The second-order valence-electron chi connectivity index (χ2n) is 3.17. The van der Waals surface area contributed by atoms with Crippen LogP contribution in [0.2, 0.25) is 0 Å². The highest BCUT2D eigenvalue weighted by molar-refractivity contribution is 7.98. The summed E-state index contributed by atoms with van der Waals surface area (Å²) in [5.74, 6) is 0. The van der Waals surface area contributed by atoms with Gasteiger partial charge < -0.3 is 9.94 Å². The summed E-state index contributed by atoms with van der Waals surface area (Å²) in [5.41, 5.74) is 1.25. The van der Waals surface area contributed by atoms with E-state index in [1.165, 1.54) is 11.8 Å². The largest absolute Gasteiger partial charge is 0.805 e. The second kappa shape index (κ2) is 3.58. The lowest BCUT2D eigenvalue weighted by Crippen LogP contribution is -2.23. The van der Waals surface area contributed by atoms with Crippen molar-refractivity contribution in [3.05, 3.63) is 40.1 Å². The fraction of sp³-hybridized carbons (Fsp3) is 0.200. The van der Waals surface area contributed by atoms with Gasteiger partial charge in [-0.25, -0.2) is 0 Å². The molecule has 2 aromatic rings. The van der Waals surface area contributed by atoms with Crippen LogP contribution in [0.3, 0.4) is 0 Å². The second-order valence-corrected chi connectivity index (χ2v) is 3.97. The summed E-state index contributed by atoms with van der Waals surface area (Å²) in [6, 6.07) is 6.79. The molecule has 1 heterocycles. The molecule has 4 nitrogen and oxygen atoms in total. The molecule has 0 saturated carbocycles. The first-order valence-corrected chi connectivity index (χ1v) is 5.67. The number of hydrogen-bond donors (Lipinski definition) is 0. The predicted octanol–water partition coefficient (Wildman–Crippen LogP) is 1.93. The molecule has 0 saturated heterocycles. The number of benzene rings is 1. The van der Waals surface area contributed by atoms with Gasteiger partial charge in [-0.3, -0.25) is 0 Å². The number of aromatic nitrogens is 2. The van der Waals surface area contributed by atoms with Gasteiger partial charge in [-0.05, 0) is 19.2 Å². The Hall–Kier alpha value is -1.49. The van der Waals surface area contributed by atoms with Gasteiger partial charge in [0.05, 0.1) is 10.1 Å². The molecule has 0 N–H and O–H groups in total. The van der Waals surface area contributed by atoms with Gasteiger partial charge in [0.1, 0.15) is 5.52 Å². The van der Waals surface area contributed by atoms with Gasteiger partial charge in [-0.1, -0.05) is 23.9 Å². The van der Waals surface area contributed by atoms with Crippen molar-refractivity contribution in [3.63, 3.8) is 0 Å². The van der Waals surface area contributed by atoms with Crippen LogP contribution in [0.15, 0.2) is 29.3 Å². The number of thioether (sulfide) groups is 1. The van der Waals surface area contributed by atoms with Crippen LogP contribution < -0.4 is 4.43 Å². The van der Waals surface area contributed by atoms with Crippen molar-refractivity contribution >= 4 is 22.8 Å². The van der Waals surface area contributed by atoms with Crippen LogP contribution in [0.1, 0.15) is 5.69 Å². The number of fused-ring (bicyclic) bond motifs is 1. The highest BCUT2D eigenvalue weighted by Gasteiger charge is 2.17. The summed E-state index contributed by atoms with van der Waals surface area (Å²) in [6.07, 6.45) is 1.78. The Morgan fingerprint density at radius 3 is 2.73 bits per heavy atom. The average Bonchev–Trinajstić information content (AvgIpc) is 2.27. The minimum absolute atomic E-state index is 0.405. The molecule has 0 radical (unpaired) electrons. The number of para-hydroxylation sites is 2. The Kier molecular flexibility index (Phi) is 2.40. The first-order chi connectivity index (χ1) is 7.16. The first-order valence-electron chi connectivity index (χ1n) is 4.45. The van der Waals surface area contributed by atoms with E-state index in [-0.39, 0.29) is 0 Å². The molecule has 0 aliphatic carbocycles. The maximum atomic E-state index is 11.9. The van der Waals surface area contributed by atoms with E-state index >= 15 is 0 Å². The number of rotatable bonds is 1. The van der Waals surface area contributed by atoms with E-state index in [1.54, 1.807) is 37.4 Å². The zero-order valence-electron chi connectivity index (χ0n) is 8.43. The Labute approximate surface area is 90.7 Å².